The fourth-order valence-electron chi connectivity index (χ4n) is 2.20. The summed E-state index contributed by atoms with van der Waals surface area (Å²) in [7, 11) is 0. The van der Waals surface area contributed by atoms with E-state index in [4.69, 9.17) is 5.26 Å². The molecule has 5 nitrogen and oxygen atoms in total. The Labute approximate surface area is 121 Å². The number of nitrogens with one attached hydrogen (secondary N) is 2. The van der Waals surface area contributed by atoms with Crippen LogP contribution in [-0.2, 0) is 11.2 Å². The quantitative estimate of drug-likeness (QED) is 0.883. The number of carbonyl (C=O) groups is 2. The fraction of sp³-hybridized carbons (Fsp3) is 0.0625. The summed E-state index contributed by atoms with van der Waals surface area (Å²) in [6.45, 7) is 0. The summed E-state index contributed by atoms with van der Waals surface area (Å²) in [5.74, 6) is -0.309. The Kier molecular flexibility index (Phi) is 3.13. The van der Waals surface area contributed by atoms with Gasteiger partial charge in [-0.25, -0.2) is 0 Å². The number of hydrogen-bond donors (Lipinski definition) is 2. The molecule has 0 saturated heterocycles. The number of nitrogens with zero attached hydrogens (tertiary/aromatic N) is 1. The largest absolute Gasteiger partial charge is 0.326 e. The van der Waals surface area contributed by atoms with Gasteiger partial charge in [0.25, 0.3) is 5.91 Å². The molecule has 5 heteroatoms. The third-order valence-corrected chi connectivity index (χ3v) is 3.26. The molecular weight excluding hydrogens is 266 g/mol. The molecular formula is C16H11N3O2. The molecule has 2 aromatic rings. The third kappa shape index (κ3) is 2.60. The standard InChI is InChI=1S/C16H11N3O2/c17-9-10-1-4-13(5-2-10)18-16(21)11-3-6-14-12(7-11)8-15(20)19-14/h1-7H,8H2,(H,18,21)(H,19,20). The Bertz CT molecular complexity index is 773. The van der Waals surface area contributed by atoms with Crippen LogP contribution in [0.5, 0.6) is 0 Å². The first kappa shape index (κ1) is 12.9. The molecule has 1 heterocycles. The van der Waals surface area contributed by atoms with Gasteiger partial charge in [-0.15, -0.1) is 0 Å². The zero-order valence-electron chi connectivity index (χ0n) is 11.0. The summed E-state index contributed by atoms with van der Waals surface area (Å²) in [6, 6.07) is 13.8. The van der Waals surface area contributed by atoms with Gasteiger partial charge in [0.1, 0.15) is 0 Å². The van der Waals surface area contributed by atoms with Crippen molar-refractivity contribution in [1.82, 2.24) is 0 Å². The van der Waals surface area contributed by atoms with Crippen LogP contribution >= 0.6 is 0 Å². The molecule has 1 aliphatic heterocycles. The molecule has 1 aliphatic rings. The lowest BCUT2D eigenvalue weighted by atomic mass is 10.1. The molecule has 3 rings (SSSR count). The van der Waals surface area contributed by atoms with E-state index in [1.165, 1.54) is 0 Å². The van der Waals surface area contributed by atoms with E-state index in [9.17, 15) is 9.59 Å². The molecule has 0 unspecified atom stereocenters. The number of nitriles is 1. The van der Waals surface area contributed by atoms with Crippen LogP contribution in [-0.4, -0.2) is 11.8 Å². The molecule has 0 saturated carbocycles. The van der Waals surface area contributed by atoms with Crippen molar-refractivity contribution in [2.75, 3.05) is 10.6 Å². The number of carbonyl (C=O) groups excluding carboxylic acids is 2. The summed E-state index contributed by atoms with van der Waals surface area (Å²) in [5, 5.41) is 14.2. The van der Waals surface area contributed by atoms with Crippen LogP contribution in [0.2, 0.25) is 0 Å². The second kappa shape index (κ2) is 5.10. The summed E-state index contributed by atoms with van der Waals surface area (Å²) in [6.07, 6.45) is 0.299. The zero-order valence-corrected chi connectivity index (χ0v) is 11.0. The first-order valence-electron chi connectivity index (χ1n) is 6.40. The van der Waals surface area contributed by atoms with Crippen LogP contribution in [0.25, 0.3) is 0 Å². The molecule has 102 valence electrons. The van der Waals surface area contributed by atoms with Crippen molar-refractivity contribution < 1.29 is 9.59 Å². The first-order valence-corrected chi connectivity index (χ1v) is 6.40. The monoisotopic (exact) mass is 277 g/mol. The van der Waals surface area contributed by atoms with Crippen LogP contribution < -0.4 is 10.6 Å². The summed E-state index contributed by atoms with van der Waals surface area (Å²) >= 11 is 0. The van der Waals surface area contributed by atoms with Gasteiger partial charge in [0.15, 0.2) is 0 Å². The number of benzene rings is 2. The summed E-state index contributed by atoms with van der Waals surface area (Å²) < 4.78 is 0. The second-order valence-electron chi connectivity index (χ2n) is 4.74. The van der Waals surface area contributed by atoms with Crippen molar-refractivity contribution in [2.45, 2.75) is 6.42 Å². The van der Waals surface area contributed by atoms with Gasteiger partial charge in [0.2, 0.25) is 5.91 Å². The highest BCUT2D eigenvalue weighted by molar-refractivity contribution is 6.06. The Balaban J connectivity index is 1.78. The highest BCUT2D eigenvalue weighted by Gasteiger charge is 2.19. The normalized spacial score (nSPS) is 12.2. The van der Waals surface area contributed by atoms with Crippen molar-refractivity contribution in [2.24, 2.45) is 0 Å². The van der Waals surface area contributed by atoms with Crippen LogP contribution in [0, 0.1) is 11.3 Å². The van der Waals surface area contributed by atoms with E-state index in [-0.39, 0.29) is 11.8 Å². The minimum Gasteiger partial charge on any atom is -0.326 e. The number of hydrogen-bond acceptors (Lipinski definition) is 3. The van der Waals surface area contributed by atoms with Crippen molar-refractivity contribution in [3.63, 3.8) is 0 Å². The lowest BCUT2D eigenvalue weighted by Gasteiger charge is -2.06. The number of rotatable bonds is 2. The number of anilines is 2. The topological polar surface area (TPSA) is 82.0 Å². The van der Waals surface area contributed by atoms with Gasteiger partial charge in [0.05, 0.1) is 18.1 Å². The predicted molar refractivity (Wildman–Crippen MR) is 77.9 cm³/mol. The van der Waals surface area contributed by atoms with E-state index in [1.54, 1.807) is 42.5 Å². The SMILES string of the molecule is N#Cc1ccc(NC(=O)c2ccc3c(c2)CC(=O)N3)cc1. The van der Waals surface area contributed by atoms with Crippen molar-refractivity contribution in [1.29, 1.82) is 5.26 Å². The van der Waals surface area contributed by atoms with Crippen molar-refractivity contribution >= 4 is 23.2 Å². The lowest BCUT2D eigenvalue weighted by Crippen LogP contribution is -2.12. The molecule has 0 bridgehead atoms. The smallest absolute Gasteiger partial charge is 0.255 e. The first-order chi connectivity index (χ1) is 10.2. The minimum atomic E-state index is -0.248. The zero-order chi connectivity index (χ0) is 14.8. The van der Waals surface area contributed by atoms with Gasteiger partial charge >= 0.3 is 0 Å². The molecule has 2 aromatic carbocycles. The predicted octanol–water partition coefficient (Wildman–Crippen LogP) is 2.31. The van der Waals surface area contributed by atoms with Gasteiger partial charge in [0, 0.05) is 16.9 Å². The summed E-state index contributed by atoms with van der Waals surface area (Å²) in [4.78, 5) is 23.5. The molecule has 2 N–H and O–H groups in total. The van der Waals surface area contributed by atoms with E-state index in [1.807, 2.05) is 6.07 Å². The molecule has 0 fully saturated rings. The Morgan fingerprint density at radius 2 is 1.95 bits per heavy atom. The van der Waals surface area contributed by atoms with Gasteiger partial charge in [-0.1, -0.05) is 0 Å². The van der Waals surface area contributed by atoms with Crippen LogP contribution in [0.1, 0.15) is 21.5 Å². The molecule has 0 atom stereocenters. The molecule has 0 aromatic heterocycles. The van der Waals surface area contributed by atoms with Crippen molar-refractivity contribution in [3.05, 3.63) is 59.2 Å². The summed E-state index contributed by atoms with van der Waals surface area (Å²) in [5.41, 5.74) is 3.24. The molecule has 0 spiro atoms. The van der Waals surface area contributed by atoms with E-state index < -0.39 is 0 Å². The maximum Gasteiger partial charge on any atom is 0.255 e. The van der Waals surface area contributed by atoms with Gasteiger partial charge in [-0.3, -0.25) is 9.59 Å². The van der Waals surface area contributed by atoms with Gasteiger partial charge in [-0.2, -0.15) is 5.26 Å². The van der Waals surface area contributed by atoms with Crippen LogP contribution in [0.4, 0.5) is 11.4 Å². The minimum absolute atomic E-state index is 0.0605. The van der Waals surface area contributed by atoms with E-state index in [0.717, 1.165) is 11.3 Å². The van der Waals surface area contributed by atoms with E-state index >= 15 is 0 Å². The maximum atomic E-state index is 12.2. The van der Waals surface area contributed by atoms with Crippen molar-refractivity contribution in [3.8, 4) is 6.07 Å². The second-order valence-corrected chi connectivity index (χ2v) is 4.74. The van der Waals surface area contributed by atoms with Gasteiger partial charge in [-0.05, 0) is 48.0 Å². The molecule has 2 amide bonds. The lowest BCUT2D eigenvalue weighted by molar-refractivity contribution is -0.115. The molecule has 0 radical (unpaired) electrons. The Hall–Kier alpha value is -3.13. The Morgan fingerprint density at radius 1 is 1.19 bits per heavy atom. The number of fused-ring (bicyclic) bond motifs is 1. The number of amides is 2. The maximum absolute atomic E-state index is 12.2. The van der Waals surface area contributed by atoms with Crippen LogP contribution in [0.15, 0.2) is 42.5 Å². The third-order valence-electron chi connectivity index (χ3n) is 3.26. The molecule has 21 heavy (non-hydrogen) atoms. The van der Waals surface area contributed by atoms with Crippen LogP contribution in [0.3, 0.4) is 0 Å². The highest BCUT2D eigenvalue weighted by Crippen LogP contribution is 2.24. The van der Waals surface area contributed by atoms with E-state index in [2.05, 4.69) is 10.6 Å². The Morgan fingerprint density at radius 3 is 2.67 bits per heavy atom. The van der Waals surface area contributed by atoms with Gasteiger partial charge < -0.3 is 10.6 Å². The average molecular weight is 277 g/mol. The fourth-order valence-corrected chi connectivity index (χ4v) is 2.20. The highest BCUT2D eigenvalue weighted by atomic mass is 16.2. The average Bonchev–Trinajstić information content (AvgIpc) is 2.87. The molecule has 0 aliphatic carbocycles. The van der Waals surface area contributed by atoms with E-state index in [0.29, 0.717) is 23.2 Å².